The normalized spacial score (nSPS) is 16.1. The van der Waals surface area contributed by atoms with Gasteiger partial charge in [-0.1, -0.05) is 54.2 Å². The molecule has 0 spiro atoms. The van der Waals surface area contributed by atoms with Crippen LogP contribution in [-0.4, -0.2) is 49.5 Å². The summed E-state index contributed by atoms with van der Waals surface area (Å²) in [4.78, 5) is 4.44. The number of benzene rings is 1. The van der Waals surface area contributed by atoms with Gasteiger partial charge < -0.3 is 14.4 Å². The van der Waals surface area contributed by atoms with Crippen LogP contribution in [0.2, 0.25) is 0 Å². The Morgan fingerprint density at radius 2 is 2.06 bits per heavy atom. The van der Waals surface area contributed by atoms with E-state index < -0.39 is 11.3 Å². The minimum absolute atomic E-state index is 0.0683. The molecule has 4 rings (SSSR count). The number of ether oxygens (including phenoxy) is 1. The molecule has 0 unspecified atom stereocenters. The SMILES string of the molecule is C=CC(=CC=CC1(F)COC1)c1noc(-c2cc(C)n(Cc3cccc(CC(C)(C)O)c3)n2)n1. The van der Waals surface area contributed by atoms with Gasteiger partial charge in [0.2, 0.25) is 5.82 Å². The van der Waals surface area contributed by atoms with Gasteiger partial charge in [-0.15, -0.1) is 0 Å². The van der Waals surface area contributed by atoms with E-state index in [-0.39, 0.29) is 13.2 Å². The van der Waals surface area contributed by atoms with Gasteiger partial charge in [0.1, 0.15) is 0 Å². The summed E-state index contributed by atoms with van der Waals surface area (Å²) in [5.41, 5.74) is 2.09. The van der Waals surface area contributed by atoms with E-state index in [1.54, 1.807) is 32.1 Å². The third kappa shape index (κ3) is 5.76. The van der Waals surface area contributed by atoms with Gasteiger partial charge in [0.05, 0.1) is 25.4 Å². The molecular weight excluding hydrogens is 435 g/mol. The van der Waals surface area contributed by atoms with Crippen LogP contribution in [0.3, 0.4) is 0 Å². The molecule has 0 amide bonds. The molecule has 178 valence electrons. The van der Waals surface area contributed by atoms with E-state index in [1.807, 2.05) is 35.9 Å². The molecule has 0 radical (unpaired) electrons. The summed E-state index contributed by atoms with van der Waals surface area (Å²) in [6.45, 7) is 10.1. The number of allylic oxidation sites excluding steroid dienone is 4. The van der Waals surface area contributed by atoms with Crippen LogP contribution in [0, 0.1) is 6.92 Å². The summed E-state index contributed by atoms with van der Waals surface area (Å²) in [6.07, 6.45) is 6.92. The molecule has 1 aliphatic heterocycles. The van der Waals surface area contributed by atoms with Crippen molar-refractivity contribution in [3.8, 4) is 11.6 Å². The predicted molar refractivity (Wildman–Crippen MR) is 128 cm³/mol. The molecule has 2 aromatic heterocycles. The van der Waals surface area contributed by atoms with E-state index in [4.69, 9.17) is 9.26 Å². The maximum atomic E-state index is 14.0. The smallest absolute Gasteiger partial charge is 0.278 e. The molecule has 0 saturated carbocycles. The fourth-order valence-electron chi connectivity index (χ4n) is 3.68. The summed E-state index contributed by atoms with van der Waals surface area (Å²) >= 11 is 0. The van der Waals surface area contributed by atoms with Crippen LogP contribution in [0.25, 0.3) is 17.2 Å². The lowest BCUT2D eigenvalue weighted by Gasteiger charge is -2.30. The highest BCUT2D eigenvalue weighted by Crippen LogP contribution is 2.24. The molecule has 1 aliphatic rings. The molecule has 1 aromatic carbocycles. The van der Waals surface area contributed by atoms with Gasteiger partial charge in [0.25, 0.3) is 5.89 Å². The molecule has 0 aliphatic carbocycles. The molecule has 1 saturated heterocycles. The third-order valence-corrected chi connectivity index (χ3v) is 5.42. The van der Waals surface area contributed by atoms with Crippen LogP contribution < -0.4 is 0 Å². The van der Waals surface area contributed by atoms with Gasteiger partial charge in [0, 0.05) is 17.7 Å². The van der Waals surface area contributed by atoms with Gasteiger partial charge >= 0.3 is 0 Å². The highest BCUT2D eigenvalue weighted by Gasteiger charge is 2.35. The average Bonchev–Trinajstić information content (AvgIpc) is 3.36. The Kier molecular flexibility index (Phi) is 6.63. The molecule has 8 heteroatoms. The molecule has 34 heavy (non-hydrogen) atoms. The van der Waals surface area contributed by atoms with Crippen molar-refractivity contribution in [1.29, 1.82) is 0 Å². The second-order valence-electron chi connectivity index (χ2n) is 9.27. The molecule has 7 nitrogen and oxygen atoms in total. The lowest BCUT2D eigenvalue weighted by Crippen LogP contribution is -2.43. The maximum absolute atomic E-state index is 14.0. The van der Waals surface area contributed by atoms with E-state index in [0.717, 1.165) is 16.8 Å². The van der Waals surface area contributed by atoms with Gasteiger partial charge in [-0.3, -0.25) is 4.68 Å². The first-order valence-corrected chi connectivity index (χ1v) is 11.1. The van der Waals surface area contributed by atoms with Crippen molar-refractivity contribution in [3.05, 3.63) is 83.9 Å². The van der Waals surface area contributed by atoms with E-state index >= 15 is 0 Å². The number of hydrogen-bond acceptors (Lipinski definition) is 6. The van der Waals surface area contributed by atoms with Gasteiger partial charge in [-0.25, -0.2) is 4.39 Å². The van der Waals surface area contributed by atoms with Crippen molar-refractivity contribution >= 4 is 5.57 Å². The lowest BCUT2D eigenvalue weighted by atomic mass is 9.97. The Hall–Kier alpha value is -3.36. The van der Waals surface area contributed by atoms with Crippen molar-refractivity contribution < 1.29 is 18.8 Å². The van der Waals surface area contributed by atoms with Crippen molar-refractivity contribution in [1.82, 2.24) is 19.9 Å². The van der Waals surface area contributed by atoms with E-state index in [9.17, 15) is 9.50 Å². The Morgan fingerprint density at radius 3 is 2.74 bits per heavy atom. The van der Waals surface area contributed by atoms with Crippen LogP contribution in [-0.2, 0) is 17.7 Å². The number of aryl methyl sites for hydroxylation is 1. The number of halogens is 1. The first-order chi connectivity index (χ1) is 16.1. The molecule has 1 N–H and O–H groups in total. The largest absolute Gasteiger partial charge is 0.390 e. The number of alkyl halides is 1. The molecule has 1 fully saturated rings. The molecule has 3 heterocycles. The molecule has 0 bridgehead atoms. The summed E-state index contributed by atoms with van der Waals surface area (Å²) < 4.78 is 26.3. The maximum Gasteiger partial charge on any atom is 0.278 e. The summed E-state index contributed by atoms with van der Waals surface area (Å²) in [5.74, 6) is 0.637. The Bertz CT molecular complexity index is 1230. The van der Waals surface area contributed by atoms with Gasteiger partial charge in [0.15, 0.2) is 11.4 Å². The van der Waals surface area contributed by atoms with Crippen LogP contribution in [0.15, 0.2) is 65.7 Å². The zero-order valence-corrected chi connectivity index (χ0v) is 19.7. The van der Waals surface area contributed by atoms with Crippen LogP contribution in [0.4, 0.5) is 4.39 Å². The average molecular weight is 465 g/mol. The van der Waals surface area contributed by atoms with E-state index in [1.165, 1.54) is 6.08 Å². The van der Waals surface area contributed by atoms with E-state index in [0.29, 0.717) is 35.9 Å². The Balaban J connectivity index is 1.49. The first-order valence-electron chi connectivity index (χ1n) is 11.1. The zero-order chi connectivity index (χ0) is 24.3. The van der Waals surface area contributed by atoms with Crippen molar-refractivity contribution in [3.63, 3.8) is 0 Å². The van der Waals surface area contributed by atoms with E-state index in [2.05, 4.69) is 27.9 Å². The van der Waals surface area contributed by atoms with Gasteiger partial charge in [-0.2, -0.15) is 10.1 Å². The van der Waals surface area contributed by atoms with Crippen LogP contribution >= 0.6 is 0 Å². The highest BCUT2D eigenvalue weighted by atomic mass is 19.1. The topological polar surface area (TPSA) is 86.2 Å². The molecular formula is C26H29FN4O3. The zero-order valence-electron chi connectivity index (χ0n) is 19.7. The Morgan fingerprint density at radius 1 is 1.29 bits per heavy atom. The quantitative estimate of drug-likeness (QED) is 0.471. The number of nitrogens with zero attached hydrogens (tertiary/aromatic N) is 4. The van der Waals surface area contributed by atoms with Crippen molar-refractivity contribution in [2.24, 2.45) is 0 Å². The fraction of sp³-hybridized carbons (Fsp3) is 0.346. The van der Waals surface area contributed by atoms with Crippen LogP contribution in [0.5, 0.6) is 0 Å². The second-order valence-corrected chi connectivity index (χ2v) is 9.27. The van der Waals surface area contributed by atoms with Crippen molar-refractivity contribution in [2.45, 2.75) is 45.0 Å². The van der Waals surface area contributed by atoms with Gasteiger partial charge in [-0.05, 0) is 44.0 Å². The number of hydrogen-bond donors (Lipinski definition) is 1. The van der Waals surface area contributed by atoms with Crippen LogP contribution in [0.1, 0.15) is 36.5 Å². The first kappa shape index (κ1) is 23.8. The number of rotatable bonds is 9. The standard InChI is InChI=1S/C26H29FN4O3/c1-5-21(10-7-11-26(27)16-33-17-26)23-28-24(34-30-23)22-12-18(2)31(29-22)15-20-9-6-8-19(13-20)14-25(3,4)32/h5-13,32H,1,14-17H2,2-4H3. The summed E-state index contributed by atoms with van der Waals surface area (Å²) in [6, 6.07) is 10.00. The third-order valence-electron chi connectivity index (χ3n) is 5.42. The molecule has 0 atom stereocenters. The predicted octanol–water partition coefficient (Wildman–Crippen LogP) is 4.47. The highest BCUT2D eigenvalue weighted by molar-refractivity contribution is 5.70. The minimum atomic E-state index is -1.41. The molecule has 3 aromatic rings. The Labute approximate surface area is 198 Å². The second kappa shape index (κ2) is 9.48. The van der Waals surface area contributed by atoms with Crippen molar-refractivity contribution in [2.75, 3.05) is 13.2 Å². The number of aromatic nitrogens is 4. The minimum Gasteiger partial charge on any atom is -0.390 e. The monoisotopic (exact) mass is 464 g/mol. The summed E-state index contributed by atoms with van der Waals surface area (Å²) in [7, 11) is 0. The lowest BCUT2D eigenvalue weighted by molar-refractivity contribution is -0.0994. The fourth-order valence-corrected chi connectivity index (χ4v) is 3.68. The number of aliphatic hydroxyl groups is 1. The summed E-state index contributed by atoms with van der Waals surface area (Å²) in [5, 5.41) is 18.8.